The number of hydrogen-bond acceptors (Lipinski definition) is 2. The van der Waals surface area contributed by atoms with Crippen LogP contribution in [0.1, 0.15) is 22.9 Å². The fourth-order valence-electron chi connectivity index (χ4n) is 2.48. The third kappa shape index (κ3) is 2.76. The van der Waals surface area contributed by atoms with E-state index in [0.717, 1.165) is 18.0 Å². The van der Waals surface area contributed by atoms with Crippen molar-refractivity contribution in [3.05, 3.63) is 59.9 Å². The van der Waals surface area contributed by atoms with Crippen LogP contribution in [0.3, 0.4) is 0 Å². The molecule has 0 amide bonds. The minimum atomic E-state index is 0.628. The van der Waals surface area contributed by atoms with Gasteiger partial charge in [0.25, 0.3) is 0 Å². The van der Waals surface area contributed by atoms with Crippen molar-refractivity contribution in [2.24, 2.45) is 0 Å². The molecule has 0 N–H and O–H groups in total. The first-order valence-electron chi connectivity index (χ1n) is 6.60. The van der Waals surface area contributed by atoms with Crippen molar-refractivity contribution in [1.82, 2.24) is 0 Å². The van der Waals surface area contributed by atoms with Gasteiger partial charge in [-0.15, -0.1) is 11.8 Å². The van der Waals surface area contributed by atoms with Crippen LogP contribution in [0, 0.1) is 0 Å². The number of nitrogens with zero attached hydrogens (tertiary/aromatic N) is 1. The van der Waals surface area contributed by atoms with Crippen molar-refractivity contribution < 1.29 is 9.30 Å². The molecule has 2 heterocycles. The van der Waals surface area contributed by atoms with Crippen LogP contribution in [0.15, 0.2) is 48.7 Å². The molecule has 2 aromatic rings. The van der Waals surface area contributed by atoms with E-state index in [2.05, 4.69) is 41.1 Å². The predicted octanol–water partition coefficient (Wildman–Crippen LogP) is 3.36. The summed E-state index contributed by atoms with van der Waals surface area (Å²) in [5, 5.41) is 0.628. The molecule has 2 nitrogen and oxygen atoms in total. The van der Waals surface area contributed by atoms with Crippen LogP contribution in [-0.4, -0.2) is 7.11 Å². The van der Waals surface area contributed by atoms with Gasteiger partial charge in [-0.25, -0.2) is 4.57 Å². The number of rotatable bonds is 4. The molecular formula is C16H18NOS+. The molecule has 0 saturated heterocycles. The van der Waals surface area contributed by atoms with Gasteiger partial charge in [0, 0.05) is 24.3 Å². The second kappa shape index (κ2) is 5.66. The van der Waals surface area contributed by atoms with Crippen LogP contribution < -0.4 is 9.30 Å². The van der Waals surface area contributed by atoms with Gasteiger partial charge in [0.15, 0.2) is 11.9 Å². The number of fused-ring (bicyclic) bond motifs is 1. The number of methoxy groups -OCH3 is 1. The molecule has 1 aliphatic rings. The third-order valence-corrected chi connectivity index (χ3v) is 4.93. The number of benzene rings is 1. The summed E-state index contributed by atoms with van der Waals surface area (Å²) in [5.41, 5.74) is 2.82. The quantitative estimate of drug-likeness (QED) is 0.792. The van der Waals surface area contributed by atoms with Crippen molar-refractivity contribution >= 4 is 11.8 Å². The minimum Gasteiger partial charge on any atom is -0.497 e. The van der Waals surface area contributed by atoms with E-state index in [1.807, 2.05) is 23.9 Å². The molecule has 19 heavy (non-hydrogen) atoms. The van der Waals surface area contributed by atoms with E-state index >= 15 is 0 Å². The molecule has 0 radical (unpaired) electrons. The molecule has 1 atom stereocenters. The van der Waals surface area contributed by atoms with Crippen LogP contribution in [0.25, 0.3) is 0 Å². The van der Waals surface area contributed by atoms with Crippen LogP contribution in [0.4, 0.5) is 0 Å². The van der Waals surface area contributed by atoms with Crippen LogP contribution in [-0.2, 0) is 12.3 Å². The monoisotopic (exact) mass is 272 g/mol. The highest BCUT2D eigenvalue weighted by Crippen LogP contribution is 2.35. The fourth-order valence-corrected chi connectivity index (χ4v) is 3.72. The molecule has 0 fully saturated rings. The maximum absolute atomic E-state index is 5.18. The molecule has 3 heteroatoms. The zero-order valence-electron chi connectivity index (χ0n) is 11.1. The Bertz CT molecular complexity index is 553. The Labute approximate surface area is 118 Å². The van der Waals surface area contributed by atoms with Gasteiger partial charge < -0.3 is 4.74 Å². The number of pyridine rings is 1. The molecule has 0 spiro atoms. The largest absolute Gasteiger partial charge is 0.497 e. The van der Waals surface area contributed by atoms with Crippen LogP contribution >= 0.6 is 11.8 Å². The Morgan fingerprint density at radius 3 is 2.84 bits per heavy atom. The van der Waals surface area contributed by atoms with Gasteiger partial charge in [0.1, 0.15) is 12.3 Å². The lowest BCUT2D eigenvalue weighted by atomic mass is 10.2. The number of aromatic nitrogens is 1. The van der Waals surface area contributed by atoms with Gasteiger partial charge in [-0.3, -0.25) is 0 Å². The Morgan fingerprint density at radius 2 is 2.05 bits per heavy atom. The average Bonchev–Trinajstić information content (AvgIpc) is 2.89. The molecule has 1 unspecified atom stereocenters. The smallest absolute Gasteiger partial charge is 0.194 e. The number of hydrogen-bond donors (Lipinski definition) is 0. The zero-order chi connectivity index (χ0) is 13.1. The number of ether oxygens (including phenoxy) is 1. The van der Waals surface area contributed by atoms with Crippen molar-refractivity contribution in [3.63, 3.8) is 0 Å². The molecule has 0 bridgehead atoms. The standard InChI is InChI=1S/C16H18NOS/c1-18-14-7-5-13(6-8-14)12-19-16-9-11-17-10-3-2-4-15(16)17/h2-8,10,16H,9,11-12H2,1H3/q+1. The summed E-state index contributed by atoms with van der Waals surface area (Å²) < 4.78 is 7.55. The Kier molecular flexibility index (Phi) is 3.74. The normalized spacial score (nSPS) is 17.2. The zero-order valence-corrected chi connectivity index (χ0v) is 11.9. The van der Waals surface area contributed by atoms with E-state index in [9.17, 15) is 0 Å². The summed E-state index contributed by atoms with van der Waals surface area (Å²) in [4.78, 5) is 0. The molecule has 3 rings (SSSR count). The van der Waals surface area contributed by atoms with E-state index in [1.54, 1.807) is 7.11 Å². The van der Waals surface area contributed by atoms with Crippen molar-refractivity contribution in [3.8, 4) is 5.75 Å². The first-order chi connectivity index (χ1) is 9.36. The minimum absolute atomic E-state index is 0.628. The Balaban J connectivity index is 1.64. The van der Waals surface area contributed by atoms with Crippen LogP contribution in [0.2, 0.25) is 0 Å². The van der Waals surface area contributed by atoms with E-state index in [-0.39, 0.29) is 0 Å². The van der Waals surface area contributed by atoms with Crippen LogP contribution in [0.5, 0.6) is 5.75 Å². The lowest BCUT2D eigenvalue weighted by molar-refractivity contribution is -0.690. The highest BCUT2D eigenvalue weighted by atomic mass is 32.2. The molecule has 1 aliphatic heterocycles. The van der Waals surface area contributed by atoms with Gasteiger partial charge in [0.2, 0.25) is 0 Å². The Hall–Kier alpha value is -1.48. The average molecular weight is 272 g/mol. The highest BCUT2D eigenvalue weighted by Gasteiger charge is 2.29. The van der Waals surface area contributed by atoms with Crippen molar-refractivity contribution in [1.29, 1.82) is 0 Å². The summed E-state index contributed by atoms with van der Waals surface area (Å²) in [6.45, 7) is 1.15. The van der Waals surface area contributed by atoms with Gasteiger partial charge in [-0.05, 0) is 17.7 Å². The molecule has 1 aromatic heterocycles. The number of aryl methyl sites for hydroxylation is 1. The summed E-state index contributed by atoms with van der Waals surface area (Å²) in [7, 11) is 1.70. The van der Waals surface area contributed by atoms with Crippen molar-refractivity contribution in [2.75, 3.05) is 7.11 Å². The molecular weight excluding hydrogens is 254 g/mol. The molecule has 0 aliphatic carbocycles. The number of thioether (sulfide) groups is 1. The van der Waals surface area contributed by atoms with E-state index in [4.69, 9.17) is 4.74 Å². The highest BCUT2D eigenvalue weighted by molar-refractivity contribution is 7.98. The lowest BCUT2D eigenvalue weighted by Gasteiger charge is -2.07. The second-order valence-electron chi connectivity index (χ2n) is 4.76. The molecule has 98 valence electrons. The first-order valence-corrected chi connectivity index (χ1v) is 7.64. The van der Waals surface area contributed by atoms with E-state index < -0.39 is 0 Å². The van der Waals surface area contributed by atoms with Gasteiger partial charge in [-0.2, -0.15) is 0 Å². The lowest BCUT2D eigenvalue weighted by Crippen LogP contribution is -2.31. The summed E-state index contributed by atoms with van der Waals surface area (Å²) in [5.74, 6) is 1.99. The van der Waals surface area contributed by atoms with E-state index in [1.165, 1.54) is 17.7 Å². The second-order valence-corrected chi connectivity index (χ2v) is 5.95. The SMILES string of the molecule is COc1ccc(CSC2CC[n+]3ccccc32)cc1. The van der Waals surface area contributed by atoms with Crippen molar-refractivity contribution in [2.45, 2.75) is 24.0 Å². The molecule has 0 saturated carbocycles. The summed E-state index contributed by atoms with van der Waals surface area (Å²) in [6, 6.07) is 14.9. The van der Waals surface area contributed by atoms with Gasteiger partial charge in [0.05, 0.1) is 12.4 Å². The fraction of sp³-hybridized carbons (Fsp3) is 0.312. The predicted molar refractivity (Wildman–Crippen MR) is 78.3 cm³/mol. The molecule has 1 aromatic carbocycles. The summed E-state index contributed by atoms with van der Waals surface area (Å²) >= 11 is 2.03. The summed E-state index contributed by atoms with van der Waals surface area (Å²) in [6.07, 6.45) is 3.42. The van der Waals surface area contributed by atoms with Gasteiger partial charge in [-0.1, -0.05) is 18.2 Å². The Morgan fingerprint density at radius 1 is 1.21 bits per heavy atom. The van der Waals surface area contributed by atoms with Gasteiger partial charge >= 0.3 is 0 Å². The third-order valence-electron chi connectivity index (χ3n) is 3.55. The van der Waals surface area contributed by atoms with E-state index in [0.29, 0.717) is 5.25 Å². The topological polar surface area (TPSA) is 13.1 Å². The maximum atomic E-state index is 5.18. The maximum Gasteiger partial charge on any atom is 0.194 e. The first kappa shape index (κ1) is 12.5.